The van der Waals surface area contributed by atoms with Gasteiger partial charge in [-0.25, -0.2) is 0 Å². The standard InChI is InChI=1S/C25H30N2O3/c1-4-15-9-17-11-19(12-18(17)10-16(15)5-2)26-13-23(29)20-6-7-22(28)24-21(20)8-14(3)25(30)27-24/h6-10,19,23,26,28-29H,4-5,11-13H2,1-3H3,(H,27,30). The molecule has 0 aliphatic heterocycles. The first-order valence-electron chi connectivity index (χ1n) is 10.8. The molecule has 1 aliphatic carbocycles. The molecule has 0 saturated heterocycles. The number of pyridine rings is 1. The molecule has 1 aliphatic rings. The van der Waals surface area contributed by atoms with Gasteiger partial charge >= 0.3 is 0 Å². The SMILES string of the molecule is CCc1cc2c(cc1CC)CC(NCC(O)c1ccc(O)c3[nH]c(=O)c(C)cc13)C2. The number of phenolic OH excluding ortho intramolecular Hbond substituents is 1. The van der Waals surface area contributed by atoms with E-state index in [-0.39, 0.29) is 11.3 Å². The Balaban J connectivity index is 1.50. The maximum Gasteiger partial charge on any atom is 0.251 e. The maximum atomic E-state index is 11.9. The Kier molecular flexibility index (Phi) is 5.67. The van der Waals surface area contributed by atoms with Crippen molar-refractivity contribution in [1.29, 1.82) is 0 Å². The second-order valence-electron chi connectivity index (χ2n) is 8.37. The van der Waals surface area contributed by atoms with Crippen LogP contribution in [0, 0.1) is 6.92 Å². The van der Waals surface area contributed by atoms with Gasteiger partial charge in [-0.2, -0.15) is 0 Å². The minimum atomic E-state index is -0.737. The van der Waals surface area contributed by atoms with E-state index in [1.165, 1.54) is 28.3 Å². The van der Waals surface area contributed by atoms with Gasteiger partial charge in [-0.3, -0.25) is 4.79 Å². The van der Waals surface area contributed by atoms with Crippen molar-refractivity contribution < 1.29 is 10.2 Å². The summed E-state index contributed by atoms with van der Waals surface area (Å²) in [6, 6.07) is 10.0. The summed E-state index contributed by atoms with van der Waals surface area (Å²) in [7, 11) is 0. The molecule has 4 N–H and O–H groups in total. The molecule has 3 aromatic rings. The third-order valence-electron chi connectivity index (χ3n) is 6.39. The Morgan fingerprint density at radius 2 is 1.73 bits per heavy atom. The zero-order valence-electron chi connectivity index (χ0n) is 17.9. The fraction of sp³-hybridized carbons (Fsp3) is 0.400. The van der Waals surface area contributed by atoms with Gasteiger partial charge in [0.25, 0.3) is 5.56 Å². The summed E-state index contributed by atoms with van der Waals surface area (Å²) in [4.78, 5) is 14.6. The van der Waals surface area contributed by atoms with E-state index in [1.807, 2.05) is 0 Å². The van der Waals surface area contributed by atoms with E-state index in [2.05, 4.69) is 36.3 Å². The third-order valence-corrected chi connectivity index (χ3v) is 6.39. The molecule has 1 unspecified atom stereocenters. The summed E-state index contributed by atoms with van der Waals surface area (Å²) in [6.07, 6.45) is 3.33. The molecular formula is C25H30N2O3. The molecule has 0 spiro atoms. The Bertz CT molecular complexity index is 1120. The van der Waals surface area contributed by atoms with Crippen LogP contribution in [0.4, 0.5) is 0 Å². The molecule has 0 bridgehead atoms. The lowest BCUT2D eigenvalue weighted by Crippen LogP contribution is -2.33. The van der Waals surface area contributed by atoms with Crippen molar-refractivity contribution in [2.24, 2.45) is 0 Å². The molecule has 1 aromatic heterocycles. The van der Waals surface area contributed by atoms with Crippen LogP contribution >= 0.6 is 0 Å². The topological polar surface area (TPSA) is 85.3 Å². The maximum absolute atomic E-state index is 11.9. The first-order chi connectivity index (χ1) is 14.4. The van der Waals surface area contributed by atoms with E-state index in [4.69, 9.17) is 0 Å². The number of rotatable bonds is 6. The van der Waals surface area contributed by atoms with Crippen LogP contribution in [0.25, 0.3) is 10.9 Å². The fourth-order valence-corrected chi connectivity index (χ4v) is 4.66. The highest BCUT2D eigenvalue weighted by Gasteiger charge is 2.24. The molecule has 1 atom stereocenters. The van der Waals surface area contributed by atoms with Crippen molar-refractivity contribution in [2.45, 2.75) is 58.6 Å². The lowest BCUT2D eigenvalue weighted by atomic mass is 9.97. The van der Waals surface area contributed by atoms with Gasteiger partial charge in [-0.05, 0) is 72.6 Å². The van der Waals surface area contributed by atoms with Gasteiger partial charge in [0.2, 0.25) is 0 Å². The number of aryl methyl sites for hydroxylation is 3. The van der Waals surface area contributed by atoms with Crippen LogP contribution in [-0.2, 0) is 25.7 Å². The highest BCUT2D eigenvalue weighted by Crippen LogP contribution is 2.30. The molecule has 1 heterocycles. The van der Waals surface area contributed by atoms with Crippen LogP contribution < -0.4 is 10.9 Å². The Morgan fingerprint density at radius 3 is 2.33 bits per heavy atom. The average Bonchev–Trinajstić information content (AvgIpc) is 3.14. The number of benzene rings is 2. The van der Waals surface area contributed by atoms with Crippen molar-refractivity contribution in [3.05, 3.63) is 74.1 Å². The number of hydrogen-bond acceptors (Lipinski definition) is 4. The Hall–Kier alpha value is -2.63. The molecule has 5 heteroatoms. The minimum absolute atomic E-state index is 0.00992. The van der Waals surface area contributed by atoms with E-state index >= 15 is 0 Å². The summed E-state index contributed by atoms with van der Waals surface area (Å²) in [5.74, 6) is 0.00992. The highest BCUT2D eigenvalue weighted by molar-refractivity contribution is 5.88. The van der Waals surface area contributed by atoms with Crippen LogP contribution in [0.2, 0.25) is 0 Å². The summed E-state index contributed by atoms with van der Waals surface area (Å²) in [6.45, 7) is 6.55. The number of aromatic hydroxyl groups is 1. The normalized spacial score (nSPS) is 14.9. The van der Waals surface area contributed by atoms with Gasteiger partial charge in [-0.15, -0.1) is 0 Å². The molecule has 0 fully saturated rings. The Labute approximate surface area is 176 Å². The average molecular weight is 407 g/mol. The first kappa shape index (κ1) is 20.6. The molecule has 0 saturated carbocycles. The smallest absolute Gasteiger partial charge is 0.251 e. The predicted molar refractivity (Wildman–Crippen MR) is 120 cm³/mol. The zero-order chi connectivity index (χ0) is 21.4. The van der Waals surface area contributed by atoms with Gasteiger partial charge in [0, 0.05) is 23.5 Å². The molecule has 5 nitrogen and oxygen atoms in total. The van der Waals surface area contributed by atoms with E-state index in [9.17, 15) is 15.0 Å². The predicted octanol–water partition coefficient (Wildman–Crippen LogP) is 3.46. The molecule has 0 amide bonds. The summed E-state index contributed by atoms with van der Waals surface area (Å²) >= 11 is 0. The van der Waals surface area contributed by atoms with Crippen molar-refractivity contribution in [3.8, 4) is 5.75 Å². The van der Waals surface area contributed by atoms with Crippen molar-refractivity contribution in [1.82, 2.24) is 10.3 Å². The minimum Gasteiger partial charge on any atom is -0.506 e. The molecule has 2 aromatic carbocycles. The van der Waals surface area contributed by atoms with Crippen molar-refractivity contribution >= 4 is 10.9 Å². The number of nitrogens with one attached hydrogen (secondary N) is 2. The lowest BCUT2D eigenvalue weighted by Gasteiger charge is -2.18. The molecule has 4 rings (SSSR count). The van der Waals surface area contributed by atoms with E-state index in [1.54, 1.807) is 19.1 Å². The van der Waals surface area contributed by atoms with Crippen molar-refractivity contribution in [2.75, 3.05) is 6.54 Å². The number of aliphatic hydroxyl groups is 1. The van der Waals surface area contributed by atoms with E-state index < -0.39 is 6.10 Å². The van der Waals surface area contributed by atoms with Crippen LogP contribution in [0.5, 0.6) is 5.75 Å². The number of H-pyrrole nitrogens is 1. The van der Waals surface area contributed by atoms with Crippen molar-refractivity contribution in [3.63, 3.8) is 0 Å². The first-order valence-corrected chi connectivity index (χ1v) is 10.8. The highest BCUT2D eigenvalue weighted by atomic mass is 16.3. The van der Waals surface area contributed by atoms with Gasteiger partial charge in [-0.1, -0.05) is 32.0 Å². The quantitative estimate of drug-likeness (QED) is 0.505. The number of fused-ring (bicyclic) bond motifs is 2. The van der Waals surface area contributed by atoms with Crippen LogP contribution in [0.1, 0.15) is 53.3 Å². The summed E-state index contributed by atoms with van der Waals surface area (Å²) in [5.41, 5.74) is 7.11. The largest absolute Gasteiger partial charge is 0.506 e. The molecule has 0 radical (unpaired) electrons. The van der Waals surface area contributed by atoms with Crippen LogP contribution in [0.3, 0.4) is 0 Å². The molecule has 30 heavy (non-hydrogen) atoms. The number of aromatic amines is 1. The molecule has 158 valence electrons. The van der Waals surface area contributed by atoms with E-state index in [0.29, 0.717) is 34.6 Å². The third kappa shape index (κ3) is 3.75. The number of hydrogen-bond donors (Lipinski definition) is 4. The number of aromatic nitrogens is 1. The second kappa shape index (κ2) is 8.25. The van der Waals surface area contributed by atoms with E-state index in [0.717, 1.165) is 25.7 Å². The summed E-state index contributed by atoms with van der Waals surface area (Å²) in [5, 5.41) is 25.2. The Morgan fingerprint density at radius 1 is 1.10 bits per heavy atom. The lowest BCUT2D eigenvalue weighted by molar-refractivity contribution is 0.171. The summed E-state index contributed by atoms with van der Waals surface area (Å²) < 4.78 is 0. The monoisotopic (exact) mass is 406 g/mol. The van der Waals surface area contributed by atoms with Gasteiger partial charge in [0.1, 0.15) is 5.75 Å². The van der Waals surface area contributed by atoms with Gasteiger partial charge in [0.15, 0.2) is 0 Å². The zero-order valence-corrected chi connectivity index (χ0v) is 17.9. The fourth-order valence-electron chi connectivity index (χ4n) is 4.66. The van der Waals surface area contributed by atoms with Gasteiger partial charge < -0.3 is 20.5 Å². The van der Waals surface area contributed by atoms with Gasteiger partial charge in [0.05, 0.1) is 11.6 Å². The van der Waals surface area contributed by atoms with Crippen LogP contribution in [0.15, 0.2) is 35.1 Å². The van der Waals surface area contributed by atoms with Crippen LogP contribution in [-0.4, -0.2) is 27.8 Å². The molecular weight excluding hydrogens is 376 g/mol. The number of phenols is 1. The second-order valence-corrected chi connectivity index (χ2v) is 8.37. The number of aliphatic hydroxyl groups excluding tert-OH is 1.